The molecule has 0 spiro atoms. The van der Waals surface area contributed by atoms with Gasteiger partial charge in [0.05, 0.1) is 13.2 Å². The molecule has 0 radical (unpaired) electrons. The van der Waals surface area contributed by atoms with Crippen molar-refractivity contribution in [1.82, 2.24) is 10.6 Å². The second-order valence-electron chi connectivity index (χ2n) is 6.18. The van der Waals surface area contributed by atoms with Gasteiger partial charge in [-0.1, -0.05) is 12.1 Å². The van der Waals surface area contributed by atoms with Crippen molar-refractivity contribution in [3.8, 4) is 5.75 Å². The van der Waals surface area contributed by atoms with Crippen LogP contribution in [0.3, 0.4) is 0 Å². The predicted octanol–water partition coefficient (Wildman–Crippen LogP) is 3.28. The molecule has 0 saturated heterocycles. The molecule has 0 bridgehead atoms. The van der Waals surface area contributed by atoms with E-state index in [0.29, 0.717) is 26.4 Å². The van der Waals surface area contributed by atoms with Crippen molar-refractivity contribution in [3.63, 3.8) is 0 Å². The number of guanidine groups is 1. The Hall–Kier alpha value is -1.79. The molecule has 1 rings (SSSR count). The van der Waals surface area contributed by atoms with Crippen molar-refractivity contribution in [3.05, 3.63) is 29.3 Å². The van der Waals surface area contributed by atoms with E-state index >= 15 is 0 Å². The molecular formula is C21H37N3O3. The Kier molecular flexibility index (Phi) is 13.2. The van der Waals surface area contributed by atoms with Gasteiger partial charge in [-0.25, -0.2) is 4.99 Å². The van der Waals surface area contributed by atoms with Crippen molar-refractivity contribution < 1.29 is 14.2 Å². The molecule has 1 aromatic rings. The standard InChI is InChI=1S/C21H37N3O3/c1-5-22-21(23-12-8-9-13-25-6-2)24-17-19-11-10-18(4)16-20(19)27-15-14-26-7-3/h10-11,16H,5-9,12-15,17H2,1-4H3,(H2,22,23,24). The van der Waals surface area contributed by atoms with Gasteiger partial charge in [0.1, 0.15) is 12.4 Å². The van der Waals surface area contributed by atoms with Gasteiger partial charge in [-0.15, -0.1) is 0 Å². The molecule has 2 N–H and O–H groups in total. The number of nitrogens with zero attached hydrogens (tertiary/aromatic N) is 1. The Morgan fingerprint density at radius 1 is 0.963 bits per heavy atom. The second kappa shape index (κ2) is 15.3. The number of aliphatic imine (C=N–C) groups is 1. The Labute approximate surface area is 164 Å². The Balaban J connectivity index is 2.58. The zero-order valence-corrected chi connectivity index (χ0v) is 17.5. The van der Waals surface area contributed by atoms with E-state index in [2.05, 4.69) is 42.7 Å². The third-order valence-electron chi connectivity index (χ3n) is 3.88. The topological polar surface area (TPSA) is 64.1 Å². The zero-order valence-electron chi connectivity index (χ0n) is 17.5. The van der Waals surface area contributed by atoms with Crippen LogP contribution >= 0.6 is 0 Å². The van der Waals surface area contributed by atoms with Gasteiger partial charge in [0.25, 0.3) is 0 Å². The normalized spacial score (nSPS) is 11.5. The van der Waals surface area contributed by atoms with Crippen molar-refractivity contribution in [2.24, 2.45) is 4.99 Å². The minimum atomic E-state index is 0.548. The minimum Gasteiger partial charge on any atom is -0.491 e. The molecule has 6 heteroatoms. The smallest absolute Gasteiger partial charge is 0.191 e. The molecule has 27 heavy (non-hydrogen) atoms. The molecule has 0 aliphatic rings. The summed E-state index contributed by atoms with van der Waals surface area (Å²) in [4.78, 5) is 4.70. The first-order chi connectivity index (χ1) is 13.2. The summed E-state index contributed by atoms with van der Waals surface area (Å²) in [6, 6.07) is 6.24. The third kappa shape index (κ3) is 10.8. The molecule has 0 amide bonds. The summed E-state index contributed by atoms with van der Waals surface area (Å²) >= 11 is 0. The summed E-state index contributed by atoms with van der Waals surface area (Å²) in [5.74, 6) is 1.71. The van der Waals surface area contributed by atoms with Gasteiger partial charge in [-0.2, -0.15) is 0 Å². The van der Waals surface area contributed by atoms with E-state index in [9.17, 15) is 0 Å². The number of hydrogen-bond acceptors (Lipinski definition) is 4. The number of aryl methyl sites for hydroxylation is 1. The largest absolute Gasteiger partial charge is 0.491 e. The summed E-state index contributed by atoms with van der Waals surface area (Å²) in [6.07, 6.45) is 2.11. The Bertz CT molecular complexity index is 535. The van der Waals surface area contributed by atoms with Crippen molar-refractivity contribution in [1.29, 1.82) is 0 Å². The molecule has 6 nitrogen and oxygen atoms in total. The summed E-state index contributed by atoms with van der Waals surface area (Å²) in [5.41, 5.74) is 2.25. The zero-order chi connectivity index (χ0) is 19.7. The van der Waals surface area contributed by atoms with Gasteiger partial charge >= 0.3 is 0 Å². The molecular weight excluding hydrogens is 342 g/mol. The fourth-order valence-corrected chi connectivity index (χ4v) is 2.47. The summed E-state index contributed by atoms with van der Waals surface area (Å²) in [5, 5.41) is 6.67. The van der Waals surface area contributed by atoms with E-state index in [0.717, 1.165) is 56.4 Å². The quantitative estimate of drug-likeness (QED) is 0.295. The average molecular weight is 380 g/mol. The van der Waals surface area contributed by atoms with Crippen LogP contribution in [0, 0.1) is 6.92 Å². The molecule has 0 atom stereocenters. The van der Waals surface area contributed by atoms with E-state index in [1.165, 1.54) is 5.56 Å². The lowest BCUT2D eigenvalue weighted by Crippen LogP contribution is -2.37. The fourth-order valence-electron chi connectivity index (χ4n) is 2.47. The maximum atomic E-state index is 5.90. The fraction of sp³-hybridized carbons (Fsp3) is 0.667. The monoisotopic (exact) mass is 379 g/mol. The second-order valence-corrected chi connectivity index (χ2v) is 6.18. The SMILES string of the molecule is CCNC(=NCc1ccc(C)cc1OCCOCC)NCCCCOCC. The van der Waals surface area contributed by atoms with Crippen LogP contribution in [0.1, 0.15) is 44.7 Å². The highest BCUT2D eigenvalue weighted by Gasteiger charge is 2.05. The van der Waals surface area contributed by atoms with Crippen LogP contribution in [0.4, 0.5) is 0 Å². The van der Waals surface area contributed by atoms with Crippen LogP contribution in [0.25, 0.3) is 0 Å². The minimum absolute atomic E-state index is 0.548. The molecule has 0 heterocycles. The van der Waals surface area contributed by atoms with Gasteiger partial charge in [-0.3, -0.25) is 0 Å². The van der Waals surface area contributed by atoms with Gasteiger partial charge in [0.2, 0.25) is 0 Å². The predicted molar refractivity (Wildman–Crippen MR) is 112 cm³/mol. The Morgan fingerprint density at radius 3 is 2.48 bits per heavy atom. The van der Waals surface area contributed by atoms with Crippen molar-refractivity contribution in [2.75, 3.05) is 46.1 Å². The summed E-state index contributed by atoms with van der Waals surface area (Å²) in [7, 11) is 0. The molecule has 1 aromatic carbocycles. The number of hydrogen-bond donors (Lipinski definition) is 2. The summed E-state index contributed by atoms with van der Waals surface area (Å²) < 4.78 is 16.6. The number of rotatable bonds is 14. The average Bonchev–Trinajstić information content (AvgIpc) is 2.67. The maximum Gasteiger partial charge on any atom is 0.191 e. The molecule has 154 valence electrons. The van der Waals surface area contributed by atoms with Crippen LogP contribution < -0.4 is 15.4 Å². The van der Waals surface area contributed by atoms with Gasteiger partial charge in [0, 0.05) is 38.5 Å². The molecule has 0 unspecified atom stereocenters. The lowest BCUT2D eigenvalue weighted by Gasteiger charge is -2.14. The van der Waals surface area contributed by atoms with Crippen molar-refractivity contribution >= 4 is 5.96 Å². The van der Waals surface area contributed by atoms with Crippen LogP contribution in [-0.4, -0.2) is 52.1 Å². The van der Waals surface area contributed by atoms with E-state index in [1.807, 2.05) is 13.8 Å². The first-order valence-electron chi connectivity index (χ1n) is 10.1. The molecule has 0 saturated carbocycles. The number of nitrogens with one attached hydrogen (secondary N) is 2. The summed E-state index contributed by atoms with van der Waals surface area (Å²) in [6.45, 7) is 13.9. The van der Waals surface area contributed by atoms with Crippen molar-refractivity contribution in [2.45, 2.75) is 47.1 Å². The van der Waals surface area contributed by atoms with Crippen LogP contribution in [0.15, 0.2) is 23.2 Å². The maximum absolute atomic E-state index is 5.90. The number of ether oxygens (including phenoxy) is 3. The first-order valence-corrected chi connectivity index (χ1v) is 10.1. The van der Waals surface area contributed by atoms with E-state index in [4.69, 9.17) is 19.2 Å². The van der Waals surface area contributed by atoms with Gasteiger partial charge < -0.3 is 24.8 Å². The third-order valence-corrected chi connectivity index (χ3v) is 3.88. The van der Waals surface area contributed by atoms with Crippen LogP contribution in [0.2, 0.25) is 0 Å². The molecule has 0 fully saturated rings. The number of unbranched alkanes of at least 4 members (excludes halogenated alkanes) is 1. The van der Waals surface area contributed by atoms with Gasteiger partial charge in [0.15, 0.2) is 5.96 Å². The lowest BCUT2D eigenvalue weighted by atomic mass is 10.1. The highest BCUT2D eigenvalue weighted by molar-refractivity contribution is 5.79. The highest BCUT2D eigenvalue weighted by Crippen LogP contribution is 2.21. The van der Waals surface area contributed by atoms with E-state index in [-0.39, 0.29) is 0 Å². The highest BCUT2D eigenvalue weighted by atomic mass is 16.5. The first kappa shape index (κ1) is 23.2. The van der Waals surface area contributed by atoms with Crippen LogP contribution in [-0.2, 0) is 16.0 Å². The van der Waals surface area contributed by atoms with E-state index in [1.54, 1.807) is 0 Å². The molecule has 0 aromatic heterocycles. The van der Waals surface area contributed by atoms with Crippen LogP contribution in [0.5, 0.6) is 5.75 Å². The number of benzene rings is 1. The van der Waals surface area contributed by atoms with E-state index < -0.39 is 0 Å². The Morgan fingerprint density at radius 2 is 1.74 bits per heavy atom. The lowest BCUT2D eigenvalue weighted by molar-refractivity contribution is 0.110. The molecule has 0 aliphatic carbocycles. The molecule has 0 aliphatic heterocycles. The van der Waals surface area contributed by atoms with Gasteiger partial charge in [-0.05, 0) is 52.2 Å².